The Labute approximate surface area is 123 Å². The van der Waals surface area contributed by atoms with Gasteiger partial charge in [-0.3, -0.25) is 4.79 Å². The molecule has 1 aliphatic carbocycles. The molecule has 2 rings (SSSR count). The van der Waals surface area contributed by atoms with E-state index in [0.29, 0.717) is 5.92 Å². The molecule has 2 N–H and O–H groups in total. The summed E-state index contributed by atoms with van der Waals surface area (Å²) < 4.78 is 13.4. The van der Waals surface area contributed by atoms with Crippen LogP contribution in [0.2, 0.25) is 5.02 Å². The van der Waals surface area contributed by atoms with E-state index in [1.807, 2.05) is 0 Å². The lowest BCUT2D eigenvalue weighted by molar-refractivity contribution is 0.0716. The molecule has 0 atom stereocenters. The summed E-state index contributed by atoms with van der Waals surface area (Å²) in [5, 5.41) is 12.5. The number of halogens is 2. The Hall–Kier alpha value is -1.13. The summed E-state index contributed by atoms with van der Waals surface area (Å²) >= 11 is 5.60. The monoisotopic (exact) mass is 299 g/mol. The van der Waals surface area contributed by atoms with Crippen molar-refractivity contribution in [3.63, 3.8) is 0 Å². The van der Waals surface area contributed by atoms with Crippen molar-refractivity contribution in [1.82, 2.24) is 5.32 Å². The zero-order chi connectivity index (χ0) is 14.8. The normalized spacial score (nSPS) is 26.3. The van der Waals surface area contributed by atoms with Crippen LogP contribution in [0.25, 0.3) is 0 Å². The fourth-order valence-corrected chi connectivity index (χ4v) is 2.71. The van der Waals surface area contributed by atoms with Crippen LogP contribution in [0, 0.1) is 11.7 Å². The predicted molar refractivity (Wildman–Crippen MR) is 76.3 cm³/mol. The van der Waals surface area contributed by atoms with Crippen LogP contribution in [0.5, 0.6) is 0 Å². The van der Waals surface area contributed by atoms with Crippen LogP contribution in [0.1, 0.15) is 43.0 Å². The highest BCUT2D eigenvalue weighted by molar-refractivity contribution is 6.30. The summed E-state index contributed by atoms with van der Waals surface area (Å²) in [7, 11) is 0. The molecule has 1 aromatic rings. The first-order chi connectivity index (χ1) is 9.46. The Bertz CT molecular complexity index is 499. The molecule has 0 spiro atoms. The lowest BCUT2D eigenvalue weighted by atomic mass is 9.77. The molecule has 3 nitrogen and oxygen atoms in total. The number of benzene rings is 1. The highest BCUT2D eigenvalue weighted by atomic mass is 35.5. The minimum atomic E-state index is -0.616. The van der Waals surface area contributed by atoms with Crippen LogP contribution in [0.3, 0.4) is 0 Å². The maximum absolute atomic E-state index is 13.4. The standard InChI is InChI=1S/C15H19ClFNO2/c1-10-4-6-15(9-19,7-5-10)18-14(20)11-2-3-12(16)13(17)8-11/h2-3,8,10,19H,4-7,9H2,1H3,(H,18,20). The van der Waals surface area contributed by atoms with Crippen molar-refractivity contribution < 1.29 is 14.3 Å². The predicted octanol–water partition coefficient (Wildman–Crippen LogP) is 3.15. The van der Waals surface area contributed by atoms with Crippen molar-refractivity contribution in [2.45, 2.75) is 38.1 Å². The average Bonchev–Trinajstić information content (AvgIpc) is 2.44. The fraction of sp³-hybridized carbons (Fsp3) is 0.533. The number of amides is 1. The molecule has 5 heteroatoms. The summed E-state index contributed by atoms with van der Waals surface area (Å²) in [5.41, 5.74) is -0.363. The first kappa shape index (κ1) is 15.3. The Morgan fingerprint density at radius 1 is 1.50 bits per heavy atom. The van der Waals surface area contributed by atoms with Gasteiger partial charge < -0.3 is 10.4 Å². The second-order valence-electron chi connectivity index (χ2n) is 5.70. The highest BCUT2D eigenvalue weighted by Crippen LogP contribution is 2.32. The molecule has 1 aromatic carbocycles. The third-order valence-electron chi connectivity index (χ3n) is 4.09. The summed E-state index contributed by atoms with van der Waals surface area (Å²) in [4.78, 5) is 12.2. The maximum Gasteiger partial charge on any atom is 0.251 e. The van der Waals surface area contributed by atoms with Crippen molar-refractivity contribution >= 4 is 17.5 Å². The van der Waals surface area contributed by atoms with Gasteiger partial charge in [0.25, 0.3) is 5.91 Å². The van der Waals surface area contributed by atoms with E-state index in [2.05, 4.69) is 12.2 Å². The van der Waals surface area contributed by atoms with Crippen molar-refractivity contribution in [3.8, 4) is 0 Å². The van der Waals surface area contributed by atoms with Gasteiger partial charge in [0.2, 0.25) is 0 Å². The first-order valence-electron chi connectivity index (χ1n) is 6.84. The molecule has 1 fully saturated rings. The van der Waals surface area contributed by atoms with Crippen LogP contribution in [-0.4, -0.2) is 23.2 Å². The summed E-state index contributed by atoms with van der Waals surface area (Å²) in [5.74, 6) is -0.377. The van der Waals surface area contributed by atoms with E-state index in [0.717, 1.165) is 31.7 Å². The zero-order valence-corrected chi connectivity index (χ0v) is 12.2. The minimum absolute atomic E-state index is 0.00934. The van der Waals surface area contributed by atoms with Crippen LogP contribution in [-0.2, 0) is 0 Å². The van der Waals surface area contributed by atoms with Crippen LogP contribution < -0.4 is 5.32 Å². The molecular weight excluding hydrogens is 281 g/mol. The van der Waals surface area contributed by atoms with Crippen molar-refractivity contribution in [1.29, 1.82) is 0 Å². The summed E-state index contributed by atoms with van der Waals surface area (Å²) in [6.45, 7) is 2.07. The summed E-state index contributed by atoms with van der Waals surface area (Å²) in [6, 6.07) is 3.96. The van der Waals surface area contributed by atoms with E-state index in [1.165, 1.54) is 12.1 Å². The molecule has 20 heavy (non-hydrogen) atoms. The van der Waals surface area contributed by atoms with Gasteiger partial charge in [0.1, 0.15) is 5.82 Å². The number of hydrogen-bond donors (Lipinski definition) is 2. The number of aliphatic hydroxyl groups excluding tert-OH is 1. The molecule has 0 saturated heterocycles. The number of rotatable bonds is 3. The molecule has 0 radical (unpaired) electrons. The zero-order valence-electron chi connectivity index (χ0n) is 11.5. The van der Waals surface area contributed by atoms with Crippen LogP contribution in [0.15, 0.2) is 18.2 Å². The first-order valence-corrected chi connectivity index (χ1v) is 7.22. The number of carbonyl (C=O) groups is 1. The van der Waals surface area contributed by atoms with E-state index in [9.17, 15) is 14.3 Å². The van der Waals surface area contributed by atoms with Gasteiger partial charge in [-0.05, 0) is 49.8 Å². The second-order valence-corrected chi connectivity index (χ2v) is 6.11. The molecule has 0 bridgehead atoms. The lowest BCUT2D eigenvalue weighted by Gasteiger charge is -2.38. The average molecular weight is 300 g/mol. The maximum atomic E-state index is 13.4. The molecule has 0 aliphatic heterocycles. The Morgan fingerprint density at radius 2 is 2.15 bits per heavy atom. The summed E-state index contributed by atoms with van der Waals surface area (Å²) in [6.07, 6.45) is 3.42. The quantitative estimate of drug-likeness (QED) is 0.901. The number of aliphatic hydroxyl groups is 1. The van der Waals surface area contributed by atoms with Gasteiger partial charge in [-0.1, -0.05) is 18.5 Å². The Balaban J connectivity index is 2.11. The second kappa shape index (κ2) is 6.10. The van der Waals surface area contributed by atoms with E-state index >= 15 is 0 Å². The van der Waals surface area contributed by atoms with Gasteiger partial charge in [0, 0.05) is 5.56 Å². The smallest absolute Gasteiger partial charge is 0.251 e. The third kappa shape index (κ3) is 3.30. The SMILES string of the molecule is CC1CCC(CO)(NC(=O)c2ccc(Cl)c(F)c2)CC1. The van der Waals surface area contributed by atoms with Gasteiger partial charge in [-0.25, -0.2) is 4.39 Å². The largest absolute Gasteiger partial charge is 0.394 e. The van der Waals surface area contributed by atoms with E-state index in [4.69, 9.17) is 11.6 Å². The Morgan fingerprint density at radius 3 is 2.70 bits per heavy atom. The molecular formula is C15H19ClFNO2. The minimum Gasteiger partial charge on any atom is -0.394 e. The Kier molecular flexibility index (Phi) is 4.66. The van der Waals surface area contributed by atoms with Crippen molar-refractivity contribution in [2.24, 2.45) is 5.92 Å². The van der Waals surface area contributed by atoms with Crippen LogP contribution >= 0.6 is 11.6 Å². The van der Waals surface area contributed by atoms with Gasteiger partial charge in [-0.15, -0.1) is 0 Å². The molecule has 0 heterocycles. The molecule has 1 aliphatic rings. The van der Waals surface area contributed by atoms with Gasteiger partial charge in [-0.2, -0.15) is 0 Å². The van der Waals surface area contributed by atoms with Crippen LogP contribution in [0.4, 0.5) is 4.39 Å². The highest BCUT2D eigenvalue weighted by Gasteiger charge is 2.35. The van der Waals surface area contributed by atoms with Gasteiger partial charge >= 0.3 is 0 Å². The van der Waals surface area contributed by atoms with Gasteiger partial charge in [0.05, 0.1) is 17.2 Å². The topological polar surface area (TPSA) is 49.3 Å². The van der Waals surface area contributed by atoms with E-state index in [1.54, 1.807) is 0 Å². The van der Waals surface area contributed by atoms with E-state index in [-0.39, 0.29) is 23.1 Å². The number of hydrogen-bond acceptors (Lipinski definition) is 2. The molecule has 0 unspecified atom stereocenters. The van der Waals surface area contributed by atoms with Crippen molar-refractivity contribution in [3.05, 3.63) is 34.6 Å². The van der Waals surface area contributed by atoms with Gasteiger partial charge in [0.15, 0.2) is 0 Å². The van der Waals surface area contributed by atoms with E-state index < -0.39 is 11.4 Å². The molecule has 0 aromatic heterocycles. The fourth-order valence-electron chi connectivity index (χ4n) is 2.59. The molecule has 1 saturated carbocycles. The third-order valence-corrected chi connectivity index (χ3v) is 4.40. The number of carbonyl (C=O) groups excluding carboxylic acids is 1. The van der Waals surface area contributed by atoms with Crippen molar-refractivity contribution in [2.75, 3.05) is 6.61 Å². The molecule has 110 valence electrons. The lowest BCUT2D eigenvalue weighted by Crippen LogP contribution is -2.53. The molecule has 1 amide bonds. The number of nitrogens with one attached hydrogen (secondary N) is 1.